The third kappa shape index (κ3) is 1.82. The summed E-state index contributed by atoms with van der Waals surface area (Å²) in [6.45, 7) is 4.31. The average Bonchev–Trinajstić information content (AvgIpc) is 1.80. The van der Waals surface area contributed by atoms with Crippen LogP contribution in [0.3, 0.4) is 0 Å². The minimum absolute atomic E-state index is 1.17. The Kier molecular flexibility index (Phi) is 2.34. The van der Waals surface area contributed by atoms with Crippen molar-refractivity contribution in [3.8, 4) is 0 Å². The first-order chi connectivity index (χ1) is 4.20. The monoisotopic (exact) mass is 128 g/mol. The molecule has 9 heavy (non-hydrogen) atoms. The molecule has 0 aliphatic carbocycles. The summed E-state index contributed by atoms with van der Waals surface area (Å²) in [7, 11) is 0. The quantitative estimate of drug-likeness (QED) is 0.459. The van der Waals surface area contributed by atoms with Crippen molar-refractivity contribution in [3.63, 3.8) is 0 Å². The summed E-state index contributed by atoms with van der Waals surface area (Å²) < 4.78 is 1.52. The number of hydrogen-bond donors (Lipinski definition) is 0. The molecule has 1 heteroatoms. The fourth-order valence-corrected chi connectivity index (χ4v) is 1.51. The van der Waals surface area contributed by atoms with E-state index in [-0.39, 0.29) is 0 Å². The van der Waals surface area contributed by atoms with Crippen LogP contribution in [0.1, 0.15) is 11.1 Å². The van der Waals surface area contributed by atoms with Gasteiger partial charge in [0.25, 0.3) is 0 Å². The van der Waals surface area contributed by atoms with E-state index in [9.17, 15) is 0 Å². The van der Waals surface area contributed by atoms with Crippen molar-refractivity contribution in [1.29, 1.82) is 0 Å². The van der Waals surface area contributed by atoms with Crippen LogP contribution in [-0.2, 0) is 0 Å². The molecule has 0 saturated heterocycles. The van der Waals surface area contributed by atoms with Crippen LogP contribution >= 0.6 is 0 Å². The number of rotatable bonds is 0. The van der Waals surface area contributed by atoms with E-state index < -0.39 is 0 Å². The molecular weight excluding hydrogens is 119 g/mol. The van der Waals surface area contributed by atoms with Gasteiger partial charge in [0.05, 0.1) is 0 Å². The Morgan fingerprint density at radius 1 is 1.22 bits per heavy atom. The topological polar surface area (TPSA) is 0 Å². The Balaban J connectivity index is 3.17. The van der Waals surface area contributed by atoms with E-state index in [4.69, 9.17) is 0 Å². The molecular formula is C8H9Na. The number of aryl methyl sites for hydroxylation is 2. The van der Waals surface area contributed by atoms with Crippen LogP contribution in [0.2, 0.25) is 0 Å². The first-order valence-corrected chi connectivity index (χ1v) is 4.24. The first-order valence-electron chi connectivity index (χ1n) is 3.24. The van der Waals surface area contributed by atoms with E-state index in [1.165, 1.54) is 41.9 Å². The molecule has 0 saturated carbocycles. The van der Waals surface area contributed by atoms with Crippen molar-refractivity contribution in [2.24, 2.45) is 0 Å². The van der Waals surface area contributed by atoms with Gasteiger partial charge in [-0.05, 0) is 0 Å². The van der Waals surface area contributed by atoms with Crippen molar-refractivity contribution in [2.45, 2.75) is 13.8 Å². The molecule has 1 aromatic rings. The molecule has 0 aliphatic rings. The van der Waals surface area contributed by atoms with Crippen LogP contribution < -0.4 is 2.81 Å². The van der Waals surface area contributed by atoms with E-state index >= 15 is 0 Å². The zero-order valence-electron chi connectivity index (χ0n) is 6.23. The first kappa shape index (κ1) is 7.33. The molecule has 1 rings (SSSR count). The van der Waals surface area contributed by atoms with Gasteiger partial charge in [0, 0.05) is 0 Å². The Bertz CT molecular complexity index is 216. The van der Waals surface area contributed by atoms with Crippen LogP contribution in [0.5, 0.6) is 0 Å². The molecule has 0 heterocycles. The Morgan fingerprint density at radius 3 is 2.33 bits per heavy atom. The van der Waals surface area contributed by atoms with Crippen LogP contribution in [0, 0.1) is 13.8 Å². The Labute approximate surface area is 73.7 Å². The Hall–Kier alpha value is 0.220. The van der Waals surface area contributed by atoms with E-state index in [2.05, 4.69) is 32.0 Å². The van der Waals surface area contributed by atoms with E-state index in [1.54, 1.807) is 0 Å². The fraction of sp³-hybridized carbons (Fsp3) is 0.250. The fourth-order valence-electron chi connectivity index (χ4n) is 0.891. The van der Waals surface area contributed by atoms with Gasteiger partial charge in [-0.15, -0.1) is 0 Å². The molecule has 0 fully saturated rings. The van der Waals surface area contributed by atoms with Crippen LogP contribution in [0.4, 0.5) is 0 Å². The maximum atomic E-state index is 2.27. The molecule has 0 bridgehead atoms. The second-order valence-corrected chi connectivity index (χ2v) is 3.67. The van der Waals surface area contributed by atoms with Gasteiger partial charge in [-0.2, -0.15) is 0 Å². The van der Waals surface area contributed by atoms with E-state index in [1.807, 2.05) is 0 Å². The predicted octanol–water partition coefficient (Wildman–Crippen LogP) is 1.10. The maximum absolute atomic E-state index is 2.27. The van der Waals surface area contributed by atoms with E-state index in [0.29, 0.717) is 0 Å². The normalized spacial score (nSPS) is 9.78. The van der Waals surface area contributed by atoms with E-state index in [0.717, 1.165) is 0 Å². The van der Waals surface area contributed by atoms with Crippen LogP contribution in [-0.4, -0.2) is 27.9 Å². The van der Waals surface area contributed by atoms with Gasteiger partial charge in [-0.25, -0.2) is 0 Å². The molecule has 0 N–H and O–H groups in total. The van der Waals surface area contributed by atoms with Crippen LogP contribution in [0.15, 0.2) is 18.2 Å². The standard InChI is InChI=1S/C8H9.Na/c1-7-3-5-8(2)6-4-7;/h3-5H,1-2H3;. The number of hydrogen-bond acceptors (Lipinski definition) is 0. The van der Waals surface area contributed by atoms with Gasteiger partial charge in [0.2, 0.25) is 0 Å². The van der Waals surface area contributed by atoms with Gasteiger partial charge < -0.3 is 0 Å². The van der Waals surface area contributed by atoms with Gasteiger partial charge >= 0.3 is 73.9 Å². The molecule has 0 amide bonds. The van der Waals surface area contributed by atoms with Gasteiger partial charge in [0.1, 0.15) is 0 Å². The summed E-state index contributed by atoms with van der Waals surface area (Å²) in [5, 5.41) is 0. The van der Waals surface area contributed by atoms with Crippen molar-refractivity contribution >= 4 is 30.7 Å². The summed E-state index contributed by atoms with van der Waals surface area (Å²) in [6, 6.07) is 6.62. The number of benzene rings is 1. The van der Waals surface area contributed by atoms with Crippen molar-refractivity contribution < 1.29 is 0 Å². The molecule has 0 aromatic heterocycles. The molecule has 0 spiro atoms. The SMILES string of the molecule is Cc1ccc(C)[c]([Na])c1. The Morgan fingerprint density at radius 2 is 1.89 bits per heavy atom. The zero-order valence-corrected chi connectivity index (χ0v) is 8.23. The van der Waals surface area contributed by atoms with Crippen molar-refractivity contribution in [1.82, 2.24) is 0 Å². The van der Waals surface area contributed by atoms with Crippen LogP contribution in [0.25, 0.3) is 0 Å². The van der Waals surface area contributed by atoms with Gasteiger partial charge in [-0.1, -0.05) is 0 Å². The molecule has 0 nitrogen and oxygen atoms in total. The molecule has 0 atom stereocenters. The van der Waals surface area contributed by atoms with Crippen molar-refractivity contribution in [2.75, 3.05) is 0 Å². The van der Waals surface area contributed by atoms with Gasteiger partial charge in [-0.3, -0.25) is 0 Å². The zero-order chi connectivity index (χ0) is 6.85. The minimum atomic E-state index is 1.17. The summed E-state index contributed by atoms with van der Waals surface area (Å²) >= 11 is 1.17. The molecule has 0 unspecified atom stereocenters. The second-order valence-electron chi connectivity index (χ2n) is 2.59. The summed E-state index contributed by atoms with van der Waals surface area (Å²) in [5.41, 5.74) is 2.82. The predicted molar refractivity (Wildman–Crippen MR) is 41.3 cm³/mol. The summed E-state index contributed by atoms with van der Waals surface area (Å²) in [6.07, 6.45) is 0. The molecule has 42 valence electrons. The third-order valence-corrected chi connectivity index (χ3v) is 2.74. The molecule has 1 aromatic carbocycles. The summed E-state index contributed by atoms with van der Waals surface area (Å²) in [4.78, 5) is 0. The van der Waals surface area contributed by atoms with Gasteiger partial charge in [0.15, 0.2) is 0 Å². The molecule has 0 aliphatic heterocycles. The third-order valence-electron chi connectivity index (χ3n) is 1.66. The average molecular weight is 128 g/mol. The second kappa shape index (κ2) is 2.87. The summed E-state index contributed by atoms with van der Waals surface area (Å²) in [5.74, 6) is 0. The molecule has 0 radical (unpaired) electrons. The van der Waals surface area contributed by atoms with Crippen molar-refractivity contribution in [3.05, 3.63) is 29.3 Å².